The van der Waals surface area contributed by atoms with Crippen LogP contribution < -0.4 is 0 Å². The minimum Gasteiger partial charge on any atom is -0.303 e. The highest BCUT2D eigenvalue weighted by atomic mass is 15.1. The third kappa shape index (κ3) is 4.13. The summed E-state index contributed by atoms with van der Waals surface area (Å²) in [5.74, 6) is 2.50. The van der Waals surface area contributed by atoms with Crippen molar-refractivity contribution in [1.29, 1.82) is 0 Å². The van der Waals surface area contributed by atoms with Gasteiger partial charge in [0.2, 0.25) is 0 Å². The van der Waals surface area contributed by atoms with Crippen LogP contribution >= 0.6 is 0 Å². The largest absolute Gasteiger partial charge is 0.303 e. The summed E-state index contributed by atoms with van der Waals surface area (Å²) in [7, 11) is 0. The van der Waals surface area contributed by atoms with Crippen molar-refractivity contribution in [3.8, 4) is 0 Å². The lowest BCUT2D eigenvalue weighted by Gasteiger charge is -2.36. The molecule has 0 spiro atoms. The van der Waals surface area contributed by atoms with Gasteiger partial charge in [-0.25, -0.2) is 0 Å². The lowest BCUT2D eigenvalue weighted by Crippen LogP contribution is -2.41. The summed E-state index contributed by atoms with van der Waals surface area (Å²) >= 11 is 0. The molecule has 18 heavy (non-hydrogen) atoms. The summed E-state index contributed by atoms with van der Waals surface area (Å²) in [4.78, 5) is 2.67. The molecular weight excluding hydrogens is 218 g/mol. The van der Waals surface area contributed by atoms with Crippen molar-refractivity contribution in [3.63, 3.8) is 0 Å². The summed E-state index contributed by atoms with van der Waals surface area (Å²) < 4.78 is 0. The molecule has 3 atom stereocenters. The van der Waals surface area contributed by atoms with E-state index in [4.69, 9.17) is 0 Å². The molecule has 1 aromatic carbocycles. The van der Waals surface area contributed by atoms with Gasteiger partial charge in [-0.15, -0.1) is 0 Å². The molecule has 0 bridgehead atoms. The molecule has 0 aliphatic carbocycles. The molecule has 0 saturated carbocycles. The van der Waals surface area contributed by atoms with Crippen LogP contribution in [0.2, 0.25) is 0 Å². The Balaban J connectivity index is 1.82. The van der Waals surface area contributed by atoms with Crippen LogP contribution in [0.15, 0.2) is 30.3 Å². The Bertz CT molecular complexity index is 336. The van der Waals surface area contributed by atoms with E-state index in [1.165, 1.54) is 38.0 Å². The molecule has 1 aliphatic rings. The second-order valence-corrected chi connectivity index (χ2v) is 6.46. The highest BCUT2D eigenvalue weighted by Crippen LogP contribution is 2.22. The highest BCUT2D eigenvalue weighted by Gasteiger charge is 2.22. The van der Waals surface area contributed by atoms with Crippen LogP contribution in [0, 0.1) is 17.8 Å². The average Bonchev–Trinajstić information content (AvgIpc) is 2.28. The third-order valence-electron chi connectivity index (χ3n) is 3.94. The molecular formula is C17H27N. The maximum absolute atomic E-state index is 2.67. The van der Waals surface area contributed by atoms with Crippen LogP contribution in [0.4, 0.5) is 0 Å². The maximum atomic E-state index is 2.67. The zero-order valence-corrected chi connectivity index (χ0v) is 12.1. The highest BCUT2D eigenvalue weighted by molar-refractivity contribution is 5.15. The fraction of sp³-hybridized carbons (Fsp3) is 0.647. The summed E-state index contributed by atoms with van der Waals surface area (Å²) in [6, 6.07) is 10.9. The predicted molar refractivity (Wildman–Crippen MR) is 78.7 cm³/mol. The van der Waals surface area contributed by atoms with Crippen molar-refractivity contribution in [2.24, 2.45) is 17.8 Å². The zero-order valence-electron chi connectivity index (χ0n) is 12.1. The van der Waals surface area contributed by atoms with E-state index in [9.17, 15) is 0 Å². The number of rotatable bonds is 4. The van der Waals surface area contributed by atoms with Gasteiger partial charge in [-0.3, -0.25) is 0 Å². The molecule has 1 aliphatic heterocycles. The number of hydrogen-bond donors (Lipinski definition) is 0. The summed E-state index contributed by atoms with van der Waals surface area (Å²) in [5, 5.41) is 0. The molecule has 3 unspecified atom stereocenters. The first-order valence-electron chi connectivity index (χ1n) is 7.39. The molecule has 0 amide bonds. The van der Waals surface area contributed by atoms with Gasteiger partial charge in [0.15, 0.2) is 0 Å². The standard InChI is InChI=1S/C17H27N/c1-14-9-15(2)12-18(11-14)13-16(3)10-17-7-5-4-6-8-17/h4-8,14-16H,9-13H2,1-3H3. The van der Waals surface area contributed by atoms with E-state index >= 15 is 0 Å². The van der Waals surface area contributed by atoms with Gasteiger partial charge in [0.1, 0.15) is 0 Å². The van der Waals surface area contributed by atoms with E-state index in [2.05, 4.69) is 56.0 Å². The van der Waals surface area contributed by atoms with E-state index in [1.807, 2.05) is 0 Å². The molecule has 0 aromatic heterocycles. The van der Waals surface area contributed by atoms with Crippen molar-refractivity contribution in [2.75, 3.05) is 19.6 Å². The molecule has 100 valence electrons. The zero-order chi connectivity index (χ0) is 13.0. The monoisotopic (exact) mass is 245 g/mol. The van der Waals surface area contributed by atoms with Crippen molar-refractivity contribution in [2.45, 2.75) is 33.6 Å². The number of hydrogen-bond acceptors (Lipinski definition) is 1. The van der Waals surface area contributed by atoms with E-state index in [-0.39, 0.29) is 0 Å². The molecule has 1 aromatic rings. The van der Waals surface area contributed by atoms with Crippen molar-refractivity contribution < 1.29 is 0 Å². The van der Waals surface area contributed by atoms with Crippen LogP contribution in [-0.4, -0.2) is 24.5 Å². The minimum absolute atomic E-state index is 0.755. The smallest absolute Gasteiger partial charge is 0.00104 e. The van der Waals surface area contributed by atoms with Crippen molar-refractivity contribution >= 4 is 0 Å². The maximum Gasteiger partial charge on any atom is 0.00104 e. The lowest BCUT2D eigenvalue weighted by molar-refractivity contribution is 0.125. The predicted octanol–water partition coefficient (Wildman–Crippen LogP) is 3.84. The summed E-state index contributed by atoms with van der Waals surface area (Å²) in [6.45, 7) is 11.0. The fourth-order valence-corrected chi connectivity index (χ4v) is 3.46. The van der Waals surface area contributed by atoms with Crippen LogP contribution in [0.25, 0.3) is 0 Å². The minimum atomic E-state index is 0.755. The van der Waals surface area contributed by atoms with Crippen molar-refractivity contribution in [3.05, 3.63) is 35.9 Å². The molecule has 1 fully saturated rings. The molecule has 1 nitrogen and oxygen atoms in total. The summed E-state index contributed by atoms with van der Waals surface area (Å²) in [5.41, 5.74) is 1.48. The quantitative estimate of drug-likeness (QED) is 0.779. The van der Waals surface area contributed by atoms with Crippen LogP contribution in [-0.2, 0) is 6.42 Å². The first-order chi connectivity index (χ1) is 8.63. The Morgan fingerprint density at radius 2 is 1.72 bits per heavy atom. The molecule has 2 rings (SSSR count). The van der Waals surface area contributed by atoms with Crippen LogP contribution in [0.1, 0.15) is 32.8 Å². The van der Waals surface area contributed by atoms with E-state index in [1.54, 1.807) is 0 Å². The SMILES string of the molecule is CC(Cc1ccccc1)CN1CC(C)CC(C)C1. The molecule has 0 N–H and O–H groups in total. The van der Waals surface area contributed by atoms with Crippen LogP contribution in [0.5, 0.6) is 0 Å². The molecule has 1 heterocycles. The van der Waals surface area contributed by atoms with Gasteiger partial charge in [0.05, 0.1) is 0 Å². The molecule has 1 heteroatoms. The van der Waals surface area contributed by atoms with Gasteiger partial charge in [-0.2, -0.15) is 0 Å². The first-order valence-corrected chi connectivity index (χ1v) is 7.39. The third-order valence-corrected chi connectivity index (χ3v) is 3.94. The Hall–Kier alpha value is -0.820. The molecule has 0 radical (unpaired) electrons. The Morgan fingerprint density at radius 1 is 1.11 bits per heavy atom. The first kappa shape index (κ1) is 13.6. The average molecular weight is 245 g/mol. The van der Waals surface area contributed by atoms with E-state index < -0.39 is 0 Å². The Labute approximate surface area is 112 Å². The Morgan fingerprint density at radius 3 is 2.33 bits per heavy atom. The normalized spacial score (nSPS) is 27.1. The second-order valence-electron chi connectivity index (χ2n) is 6.46. The van der Waals surface area contributed by atoms with Gasteiger partial charge in [-0.05, 0) is 36.2 Å². The van der Waals surface area contributed by atoms with Gasteiger partial charge < -0.3 is 4.90 Å². The second kappa shape index (κ2) is 6.38. The van der Waals surface area contributed by atoms with E-state index in [0.717, 1.165) is 17.8 Å². The number of benzene rings is 1. The van der Waals surface area contributed by atoms with Crippen molar-refractivity contribution in [1.82, 2.24) is 4.90 Å². The summed E-state index contributed by atoms with van der Waals surface area (Å²) in [6.07, 6.45) is 2.61. The topological polar surface area (TPSA) is 3.24 Å². The number of nitrogens with zero attached hydrogens (tertiary/aromatic N) is 1. The van der Waals surface area contributed by atoms with Gasteiger partial charge >= 0.3 is 0 Å². The Kier molecular flexibility index (Phi) is 4.82. The number of likely N-dealkylation sites (tertiary alicyclic amines) is 1. The number of piperidine rings is 1. The molecule has 1 saturated heterocycles. The lowest BCUT2D eigenvalue weighted by atomic mass is 9.90. The van der Waals surface area contributed by atoms with E-state index in [0.29, 0.717) is 0 Å². The van der Waals surface area contributed by atoms with Crippen LogP contribution in [0.3, 0.4) is 0 Å². The van der Waals surface area contributed by atoms with Gasteiger partial charge in [-0.1, -0.05) is 51.1 Å². The van der Waals surface area contributed by atoms with Gasteiger partial charge in [0.25, 0.3) is 0 Å². The van der Waals surface area contributed by atoms with Gasteiger partial charge in [0, 0.05) is 19.6 Å². The fourth-order valence-electron chi connectivity index (χ4n) is 3.46.